The van der Waals surface area contributed by atoms with Crippen LogP contribution in [0.3, 0.4) is 0 Å². The first-order valence-corrected chi connectivity index (χ1v) is 11.7. The minimum Gasteiger partial charge on any atom is -0.396 e. The molecule has 0 radical (unpaired) electrons. The van der Waals surface area contributed by atoms with Crippen LogP contribution in [0.15, 0.2) is 0 Å². The first-order valence-electron chi connectivity index (χ1n) is 10.1. The monoisotopic (exact) mass is 364 g/mol. The zero-order valence-electron chi connectivity index (χ0n) is 15.8. The van der Waals surface area contributed by atoms with Gasteiger partial charge in [-0.05, 0) is 12.8 Å². The van der Waals surface area contributed by atoms with Gasteiger partial charge < -0.3 is 5.11 Å². The number of rotatable bonds is 19. The van der Waals surface area contributed by atoms with Crippen molar-refractivity contribution in [3.8, 4) is 0 Å². The van der Waals surface area contributed by atoms with E-state index in [1.807, 2.05) is 0 Å². The van der Waals surface area contributed by atoms with E-state index in [1.54, 1.807) is 0 Å². The Morgan fingerprint density at radius 1 is 0.667 bits per heavy atom. The average Bonchev–Trinajstić information content (AvgIpc) is 2.56. The van der Waals surface area contributed by atoms with Crippen molar-refractivity contribution in [2.75, 3.05) is 19.0 Å². The van der Waals surface area contributed by atoms with Crippen LogP contribution in [0.4, 0.5) is 0 Å². The highest BCUT2D eigenvalue weighted by Gasteiger charge is 2.09. The molecular weight excluding hydrogens is 324 g/mol. The highest BCUT2D eigenvalue weighted by molar-refractivity contribution is 7.86. The van der Waals surface area contributed by atoms with E-state index in [4.69, 9.17) is 9.29 Å². The fourth-order valence-corrected chi connectivity index (χ4v) is 3.76. The van der Waals surface area contributed by atoms with E-state index in [1.165, 1.54) is 70.6 Å². The quantitative estimate of drug-likeness (QED) is 0.253. The summed E-state index contributed by atoms with van der Waals surface area (Å²) >= 11 is 0. The second-order valence-electron chi connectivity index (χ2n) is 6.76. The van der Waals surface area contributed by atoms with Crippen LogP contribution in [0.5, 0.6) is 0 Å². The molecule has 0 fully saturated rings. The van der Waals surface area contributed by atoms with E-state index >= 15 is 0 Å². The Morgan fingerprint density at radius 2 is 1.08 bits per heavy atom. The van der Waals surface area contributed by atoms with Crippen molar-refractivity contribution >= 4 is 10.1 Å². The molecule has 0 aromatic carbocycles. The fraction of sp³-hybridized carbons (Fsp3) is 1.00. The van der Waals surface area contributed by atoms with Crippen molar-refractivity contribution in [3.63, 3.8) is 0 Å². The van der Waals surface area contributed by atoms with Gasteiger partial charge in [-0.25, -0.2) is 0 Å². The molecule has 0 unspecified atom stereocenters. The largest absolute Gasteiger partial charge is 0.396 e. The molecule has 0 amide bonds. The number of aliphatic hydroxyl groups is 1. The maximum Gasteiger partial charge on any atom is 0.267 e. The highest BCUT2D eigenvalue weighted by atomic mass is 32.2. The molecule has 5 heteroatoms. The Kier molecular flexibility index (Phi) is 17.6. The third-order valence-corrected chi connectivity index (χ3v) is 5.63. The van der Waals surface area contributed by atoms with E-state index < -0.39 is 10.1 Å². The normalized spacial score (nSPS) is 11.9. The van der Waals surface area contributed by atoms with Crippen LogP contribution < -0.4 is 0 Å². The summed E-state index contributed by atoms with van der Waals surface area (Å²) in [5, 5.41) is 8.61. The molecule has 0 aromatic rings. The Bertz CT molecular complexity index is 341. The molecule has 0 aromatic heterocycles. The lowest BCUT2D eigenvalue weighted by molar-refractivity contribution is 0.283. The van der Waals surface area contributed by atoms with Crippen LogP contribution in [0, 0.1) is 0 Å². The van der Waals surface area contributed by atoms with Crippen molar-refractivity contribution in [2.45, 2.75) is 103 Å². The number of unbranched alkanes of at least 4 members (excludes halogenated alkanes) is 13. The summed E-state index contributed by atoms with van der Waals surface area (Å²) < 4.78 is 27.7. The second kappa shape index (κ2) is 17.7. The molecule has 1 N–H and O–H groups in total. The van der Waals surface area contributed by atoms with Gasteiger partial charge in [0.2, 0.25) is 0 Å². The smallest absolute Gasteiger partial charge is 0.267 e. The molecule has 0 aliphatic heterocycles. The molecule has 0 spiro atoms. The fourth-order valence-electron chi connectivity index (χ4n) is 2.78. The van der Waals surface area contributed by atoms with Gasteiger partial charge in [-0.3, -0.25) is 4.18 Å². The molecule has 0 aliphatic rings. The van der Waals surface area contributed by atoms with Crippen LogP contribution >= 0.6 is 0 Å². The maximum absolute atomic E-state index is 11.4. The Balaban J connectivity index is 3.18. The summed E-state index contributed by atoms with van der Waals surface area (Å²) in [5.41, 5.74) is 0. The van der Waals surface area contributed by atoms with Crippen LogP contribution in [0.1, 0.15) is 103 Å². The molecule has 24 heavy (non-hydrogen) atoms. The lowest BCUT2D eigenvalue weighted by atomic mass is 10.0. The first-order chi connectivity index (χ1) is 11.6. The third kappa shape index (κ3) is 18.2. The van der Waals surface area contributed by atoms with Crippen molar-refractivity contribution in [2.24, 2.45) is 0 Å². The van der Waals surface area contributed by atoms with Gasteiger partial charge in [0.25, 0.3) is 10.1 Å². The van der Waals surface area contributed by atoms with Gasteiger partial charge >= 0.3 is 0 Å². The zero-order chi connectivity index (χ0) is 17.9. The molecular formula is C19H40O4S. The minimum atomic E-state index is -3.42. The molecule has 146 valence electrons. The third-order valence-electron chi connectivity index (χ3n) is 4.31. The standard InChI is InChI=1S/C19H40O4S/c1-2-3-4-5-6-7-8-9-10-11-12-13-14-15-18-23-24(21,22)19-16-17-20/h20H,2-19H2,1H3. The summed E-state index contributed by atoms with van der Waals surface area (Å²) in [7, 11) is -3.42. The minimum absolute atomic E-state index is 0.0812. The van der Waals surface area contributed by atoms with E-state index in [0.717, 1.165) is 19.3 Å². The van der Waals surface area contributed by atoms with Crippen LogP contribution in [0.2, 0.25) is 0 Å². The summed E-state index contributed by atoms with van der Waals surface area (Å²) in [4.78, 5) is 0. The van der Waals surface area contributed by atoms with Crippen LogP contribution in [-0.4, -0.2) is 32.5 Å². The Hall–Kier alpha value is -0.130. The number of hydrogen-bond donors (Lipinski definition) is 1. The summed E-state index contributed by atoms with van der Waals surface area (Å²) in [5.74, 6) is -0.0812. The molecule has 0 aliphatic carbocycles. The van der Waals surface area contributed by atoms with E-state index in [2.05, 4.69) is 6.92 Å². The van der Waals surface area contributed by atoms with Crippen molar-refractivity contribution in [3.05, 3.63) is 0 Å². The van der Waals surface area contributed by atoms with Gasteiger partial charge in [-0.15, -0.1) is 0 Å². The molecule has 0 rings (SSSR count). The number of aliphatic hydroxyl groups excluding tert-OH is 1. The summed E-state index contributed by atoms with van der Waals surface area (Å²) in [6.07, 6.45) is 18.2. The van der Waals surface area contributed by atoms with E-state index in [0.29, 0.717) is 0 Å². The SMILES string of the molecule is CCCCCCCCCCCCCCCCOS(=O)(=O)CCCO. The molecule has 0 saturated carbocycles. The number of hydrogen-bond acceptors (Lipinski definition) is 4. The molecule has 0 heterocycles. The highest BCUT2D eigenvalue weighted by Crippen LogP contribution is 2.13. The summed E-state index contributed by atoms with van der Waals surface area (Å²) in [6, 6.07) is 0. The van der Waals surface area contributed by atoms with E-state index in [9.17, 15) is 8.42 Å². The van der Waals surface area contributed by atoms with Gasteiger partial charge in [0.05, 0.1) is 12.4 Å². The van der Waals surface area contributed by atoms with Crippen molar-refractivity contribution < 1.29 is 17.7 Å². The van der Waals surface area contributed by atoms with Gasteiger partial charge in [-0.1, -0.05) is 90.4 Å². The van der Waals surface area contributed by atoms with E-state index in [-0.39, 0.29) is 25.4 Å². The predicted octanol–water partition coefficient (Wildman–Crippen LogP) is 5.20. The zero-order valence-corrected chi connectivity index (χ0v) is 16.6. The van der Waals surface area contributed by atoms with Crippen LogP contribution in [0.25, 0.3) is 0 Å². The van der Waals surface area contributed by atoms with Gasteiger partial charge in [0.1, 0.15) is 0 Å². The Labute approximate surface area is 150 Å². The first kappa shape index (κ1) is 23.9. The molecule has 0 saturated heterocycles. The topological polar surface area (TPSA) is 63.6 Å². The molecule has 0 bridgehead atoms. The average molecular weight is 365 g/mol. The molecule has 0 atom stereocenters. The summed E-state index contributed by atoms with van der Waals surface area (Å²) in [6.45, 7) is 2.43. The van der Waals surface area contributed by atoms with Gasteiger partial charge in [0, 0.05) is 6.61 Å². The predicted molar refractivity (Wildman–Crippen MR) is 102 cm³/mol. The Morgan fingerprint density at radius 3 is 1.50 bits per heavy atom. The van der Waals surface area contributed by atoms with Gasteiger partial charge in [-0.2, -0.15) is 8.42 Å². The van der Waals surface area contributed by atoms with Gasteiger partial charge in [0.15, 0.2) is 0 Å². The van der Waals surface area contributed by atoms with Crippen LogP contribution in [-0.2, 0) is 14.3 Å². The lowest BCUT2D eigenvalue weighted by Crippen LogP contribution is -2.12. The second-order valence-corrected chi connectivity index (χ2v) is 8.52. The maximum atomic E-state index is 11.4. The van der Waals surface area contributed by atoms with Crippen molar-refractivity contribution in [1.82, 2.24) is 0 Å². The molecule has 4 nitrogen and oxygen atoms in total. The van der Waals surface area contributed by atoms with Crippen molar-refractivity contribution in [1.29, 1.82) is 0 Å². The lowest BCUT2D eigenvalue weighted by Gasteiger charge is -2.05.